The minimum absolute atomic E-state index is 0.536. The largest absolute Gasteiger partial charge is 0.324 e. The van der Waals surface area contributed by atoms with E-state index in [1.807, 2.05) is 26.0 Å². The molecule has 1 fully saturated rings. The number of nitrogens with zero attached hydrogens (tertiary/aromatic N) is 2. The Morgan fingerprint density at radius 2 is 1.86 bits per heavy atom. The summed E-state index contributed by atoms with van der Waals surface area (Å²) in [6.07, 6.45) is 7.12. The van der Waals surface area contributed by atoms with Gasteiger partial charge in [0.05, 0.1) is 16.4 Å². The number of anilines is 2. The van der Waals surface area contributed by atoms with Gasteiger partial charge in [-0.3, -0.25) is 0 Å². The first kappa shape index (κ1) is 14.7. The van der Waals surface area contributed by atoms with Crippen molar-refractivity contribution in [3.8, 4) is 0 Å². The topological polar surface area (TPSA) is 29.9 Å². The van der Waals surface area contributed by atoms with Crippen molar-refractivity contribution in [1.29, 1.82) is 0 Å². The fraction of sp³-hybridized carbons (Fsp3) is 0.438. The van der Waals surface area contributed by atoms with Gasteiger partial charge in [0.25, 0.3) is 0 Å². The molecule has 0 spiro atoms. The van der Waals surface area contributed by atoms with E-state index in [4.69, 9.17) is 23.2 Å². The van der Waals surface area contributed by atoms with Crippen molar-refractivity contribution in [2.45, 2.75) is 45.6 Å². The molecule has 1 N–H and O–H groups in total. The summed E-state index contributed by atoms with van der Waals surface area (Å²) in [4.78, 5) is 4.59. The highest BCUT2D eigenvalue weighted by molar-refractivity contribution is 6.35. The highest BCUT2D eigenvalue weighted by Gasteiger charge is 2.20. The number of aromatic nitrogens is 2. The Balaban J connectivity index is 1.93. The Morgan fingerprint density at radius 3 is 2.57 bits per heavy atom. The summed E-state index contributed by atoms with van der Waals surface area (Å²) in [5, 5.41) is 4.71. The molecule has 0 amide bonds. The molecule has 1 aliphatic carbocycles. The van der Waals surface area contributed by atoms with Crippen molar-refractivity contribution in [3.05, 3.63) is 39.6 Å². The molecule has 3 nitrogen and oxygen atoms in total. The zero-order valence-electron chi connectivity index (χ0n) is 12.3. The lowest BCUT2D eigenvalue weighted by molar-refractivity contribution is 0.524. The van der Waals surface area contributed by atoms with E-state index in [1.54, 1.807) is 0 Å². The number of aryl methyl sites for hydroxylation is 2. The van der Waals surface area contributed by atoms with Crippen LogP contribution in [0.25, 0.3) is 0 Å². The molecule has 0 bridgehead atoms. The quantitative estimate of drug-likeness (QED) is 0.789. The van der Waals surface area contributed by atoms with Crippen LogP contribution in [0.4, 0.5) is 11.6 Å². The van der Waals surface area contributed by atoms with Gasteiger partial charge in [0.2, 0.25) is 5.95 Å². The van der Waals surface area contributed by atoms with Gasteiger partial charge in [0.15, 0.2) is 0 Å². The van der Waals surface area contributed by atoms with Crippen LogP contribution in [-0.4, -0.2) is 9.55 Å². The van der Waals surface area contributed by atoms with Gasteiger partial charge >= 0.3 is 0 Å². The van der Waals surface area contributed by atoms with Crippen LogP contribution in [0.15, 0.2) is 18.3 Å². The van der Waals surface area contributed by atoms with E-state index in [0.29, 0.717) is 16.1 Å². The minimum atomic E-state index is 0.536. The van der Waals surface area contributed by atoms with Gasteiger partial charge in [-0.1, -0.05) is 36.0 Å². The molecule has 21 heavy (non-hydrogen) atoms. The first-order chi connectivity index (χ1) is 10.0. The molecule has 0 unspecified atom stereocenters. The Morgan fingerprint density at radius 1 is 1.14 bits per heavy atom. The first-order valence-electron chi connectivity index (χ1n) is 7.33. The second-order valence-corrected chi connectivity index (χ2v) is 6.57. The Kier molecular flexibility index (Phi) is 4.14. The Bertz CT molecular complexity index is 658. The average Bonchev–Trinajstić information content (AvgIpc) is 3.05. The number of hydrogen-bond donors (Lipinski definition) is 1. The monoisotopic (exact) mass is 323 g/mol. The third-order valence-corrected chi connectivity index (χ3v) is 4.79. The van der Waals surface area contributed by atoms with Crippen LogP contribution in [0.3, 0.4) is 0 Å². The predicted molar refractivity (Wildman–Crippen MR) is 89.0 cm³/mol. The summed E-state index contributed by atoms with van der Waals surface area (Å²) in [5.41, 5.74) is 2.79. The predicted octanol–water partition coefficient (Wildman–Crippen LogP) is 5.67. The molecule has 2 aromatic rings. The molecule has 0 aliphatic heterocycles. The molecule has 5 heteroatoms. The normalized spacial score (nSPS) is 15.6. The second kappa shape index (κ2) is 5.90. The fourth-order valence-corrected chi connectivity index (χ4v) is 3.36. The van der Waals surface area contributed by atoms with E-state index in [0.717, 1.165) is 22.9 Å². The van der Waals surface area contributed by atoms with E-state index in [-0.39, 0.29) is 0 Å². The highest BCUT2D eigenvalue weighted by atomic mass is 35.5. The summed E-state index contributed by atoms with van der Waals surface area (Å²) >= 11 is 12.5. The second-order valence-electron chi connectivity index (χ2n) is 5.76. The zero-order valence-corrected chi connectivity index (χ0v) is 13.8. The van der Waals surface area contributed by atoms with Crippen LogP contribution in [0.2, 0.25) is 10.0 Å². The molecule has 0 radical (unpaired) electrons. The fourth-order valence-electron chi connectivity index (χ4n) is 2.93. The smallest absolute Gasteiger partial charge is 0.207 e. The van der Waals surface area contributed by atoms with Gasteiger partial charge in [0.1, 0.15) is 0 Å². The summed E-state index contributed by atoms with van der Waals surface area (Å²) in [6, 6.07) is 4.28. The molecule has 0 atom stereocenters. The number of halogens is 2. The maximum absolute atomic E-state index is 6.31. The molecule has 0 saturated heterocycles. The standard InChI is InChI=1S/C16H19Cl2N3/c1-10-7-14(18)15(8-13(10)17)20-16-19-11(2)9-21(16)12-5-3-4-6-12/h7-9,12H,3-6H2,1-2H3,(H,19,20). The first-order valence-corrected chi connectivity index (χ1v) is 8.08. The summed E-state index contributed by atoms with van der Waals surface area (Å²) in [5.74, 6) is 0.848. The van der Waals surface area contributed by atoms with E-state index in [9.17, 15) is 0 Å². The lowest BCUT2D eigenvalue weighted by Crippen LogP contribution is -2.08. The summed E-state index contributed by atoms with van der Waals surface area (Å²) in [6.45, 7) is 3.96. The van der Waals surface area contributed by atoms with E-state index in [1.165, 1.54) is 25.7 Å². The zero-order chi connectivity index (χ0) is 15.0. The van der Waals surface area contributed by atoms with Crippen LogP contribution in [0.1, 0.15) is 43.0 Å². The third kappa shape index (κ3) is 3.04. The number of benzene rings is 1. The van der Waals surface area contributed by atoms with Crippen LogP contribution in [0.5, 0.6) is 0 Å². The van der Waals surface area contributed by atoms with E-state index < -0.39 is 0 Å². The van der Waals surface area contributed by atoms with Gasteiger partial charge in [-0.05, 0) is 44.4 Å². The van der Waals surface area contributed by atoms with Crippen LogP contribution >= 0.6 is 23.2 Å². The molecule has 1 heterocycles. The third-order valence-electron chi connectivity index (χ3n) is 4.07. The van der Waals surface area contributed by atoms with Crippen molar-refractivity contribution < 1.29 is 0 Å². The van der Waals surface area contributed by atoms with Gasteiger partial charge < -0.3 is 9.88 Å². The molecule has 3 rings (SSSR count). The molecular weight excluding hydrogens is 305 g/mol. The molecule has 112 valence electrons. The van der Waals surface area contributed by atoms with Crippen molar-refractivity contribution in [2.24, 2.45) is 0 Å². The van der Waals surface area contributed by atoms with Gasteiger partial charge in [-0.15, -0.1) is 0 Å². The van der Waals surface area contributed by atoms with Crippen molar-refractivity contribution in [2.75, 3.05) is 5.32 Å². The van der Waals surface area contributed by atoms with Crippen molar-refractivity contribution >= 4 is 34.8 Å². The van der Waals surface area contributed by atoms with Crippen LogP contribution in [-0.2, 0) is 0 Å². The molecule has 1 aromatic heterocycles. The summed E-state index contributed by atoms with van der Waals surface area (Å²) in [7, 11) is 0. The molecule has 1 saturated carbocycles. The molecular formula is C16H19Cl2N3. The molecule has 1 aromatic carbocycles. The van der Waals surface area contributed by atoms with Crippen LogP contribution in [0, 0.1) is 13.8 Å². The number of hydrogen-bond acceptors (Lipinski definition) is 2. The van der Waals surface area contributed by atoms with Crippen molar-refractivity contribution in [3.63, 3.8) is 0 Å². The number of nitrogens with one attached hydrogen (secondary N) is 1. The number of rotatable bonds is 3. The maximum Gasteiger partial charge on any atom is 0.207 e. The SMILES string of the molecule is Cc1cn(C2CCCC2)c(Nc2cc(Cl)c(C)cc2Cl)n1. The van der Waals surface area contributed by atoms with Crippen molar-refractivity contribution in [1.82, 2.24) is 9.55 Å². The van der Waals surface area contributed by atoms with E-state index >= 15 is 0 Å². The van der Waals surface area contributed by atoms with Gasteiger partial charge in [0, 0.05) is 17.3 Å². The highest BCUT2D eigenvalue weighted by Crippen LogP contribution is 2.35. The summed E-state index contributed by atoms with van der Waals surface area (Å²) < 4.78 is 2.24. The lowest BCUT2D eigenvalue weighted by Gasteiger charge is -2.16. The van der Waals surface area contributed by atoms with Gasteiger partial charge in [-0.25, -0.2) is 4.98 Å². The van der Waals surface area contributed by atoms with Crippen LogP contribution < -0.4 is 5.32 Å². The molecule has 1 aliphatic rings. The van der Waals surface area contributed by atoms with E-state index in [2.05, 4.69) is 21.1 Å². The van der Waals surface area contributed by atoms with Gasteiger partial charge in [-0.2, -0.15) is 0 Å². The number of imidazole rings is 1. The lowest BCUT2D eigenvalue weighted by atomic mass is 10.2. The Labute approximate surface area is 135 Å². The maximum atomic E-state index is 6.31. The minimum Gasteiger partial charge on any atom is -0.324 e. The Hall–Kier alpha value is -1.19. The average molecular weight is 324 g/mol.